The van der Waals surface area contributed by atoms with Crippen LogP contribution in [0.4, 0.5) is 0 Å². The highest BCUT2D eigenvalue weighted by Crippen LogP contribution is 2.11. The zero-order chi connectivity index (χ0) is 9.52. The number of piperidine rings is 1. The number of amides is 1. The summed E-state index contributed by atoms with van der Waals surface area (Å²) in [5, 5.41) is 10.2. The average molecular weight is 198 g/mol. The molecule has 1 aliphatic heterocycles. The van der Waals surface area contributed by atoms with Crippen LogP contribution >= 0.6 is 11.8 Å². The van der Waals surface area contributed by atoms with Gasteiger partial charge in [-0.1, -0.05) is 0 Å². The van der Waals surface area contributed by atoms with E-state index in [0.717, 1.165) is 37.7 Å². The van der Waals surface area contributed by atoms with E-state index in [1.165, 1.54) is 6.42 Å². The fourth-order valence-corrected chi connectivity index (χ4v) is 1.85. The standard InChI is InChI=1S/C9H14N2OS/c10-8-13-7-4-9(12)11-5-2-1-3-6-11/h1-7H2. The summed E-state index contributed by atoms with van der Waals surface area (Å²) >= 11 is 1.16. The van der Waals surface area contributed by atoms with Gasteiger partial charge in [-0.2, -0.15) is 5.26 Å². The van der Waals surface area contributed by atoms with Crippen LogP contribution in [0.3, 0.4) is 0 Å². The topological polar surface area (TPSA) is 44.1 Å². The molecule has 0 atom stereocenters. The van der Waals surface area contributed by atoms with Crippen LogP contribution in [-0.4, -0.2) is 29.6 Å². The fraction of sp³-hybridized carbons (Fsp3) is 0.778. The molecule has 13 heavy (non-hydrogen) atoms. The zero-order valence-corrected chi connectivity index (χ0v) is 8.48. The molecule has 0 aromatic carbocycles. The largest absolute Gasteiger partial charge is 0.343 e. The Morgan fingerprint density at radius 1 is 1.38 bits per heavy atom. The number of nitriles is 1. The molecule has 0 bridgehead atoms. The monoisotopic (exact) mass is 198 g/mol. The Balaban J connectivity index is 2.18. The number of hydrogen-bond acceptors (Lipinski definition) is 3. The van der Waals surface area contributed by atoms with Crippen LogP contribution in [0.5, 0.6) is 0 Å². The smallest absolute Gasteiger partial charge is 0.223 e. The quantitative estimate of drug-likeness (QED) is 0.511. The normalized spacial score (nSPS) is 16.7. The Morgan fingerprint density at radius 2 is 2.08 bits per heavy atom. The van der Waals surface area contributed by atoms with Gasteiger partial charge in [0.1, 0.15) is 5.40 Å². The van der Waals surface area contributed by atoms with Crippen LogP contribution in [0.2, 0.25) is 0 Å². The third-order valence-corrected chi connectivity index (χ3v) is 2.73. The van der Waals surface area contributed by atoms with Gasteiger partial charge in [-0.3, -0.25) is 4.79 Å². The van der Waals surface area contributed by atoms with Crippen LogP contribution in [0.15, 0.2) is 0 Å². The van der Waals surface area contributed by atoms with E-state index in [-0.39, 0.29) is 5.91 Å². The van der Waals surface area contributed by atoms with E-state index < -0.39 is 0 Å². The number of thiocyanates is 1. The van der Waals surface area contributed by atoms with Crippen molar-refractivity contribution in [2.75, 3.05) is 18.8 Å². The lowest BCUT2D eigenvalue weighted by Crippen LogP contribution is -2.35. The Bertz CT molecular complexity index is 206. The number of likely N-dealkylation sites (tertiary alicyclic amines) is 1. The number of carbonyl (C=O) groups is 1. The van der Waals surface area contributed by atoms with Crippen molar-refractivity contribution >= 4 is 17.7 Å². The molecule has 0 aromatic heterocycles. The Kier molecular flexibility index (Phi) is 4.69. The molecule has 0 spiro atoms. The van der Waals surface area contributed by atoms with Crippen LogP contribution in [0.1, 0.15) is 25.7 Å². The summed E-state index contributed by atoms with van der Waals surface area (Å²) in [5.74, 6) is 0.841. The highest BCUT2D eigenvalue weighted by molar-refractivity contribution is 8.03. The molecule has 1 aliphatic rings. The summed E-state index contributed by atoms with van der Waals surface area (Å²) < 4.78 is 0. The van der Waals surface area contributed by atoms with E-state index in [1.54, 1.807) is 0 Å². The first kappa shape index (κ1) is 10.4. The van der Waals surface area contributed by atoms with Gasteiger partial charge in [-0.25, -0.2) is 0 Å². The molecule has 72 valence electrons. The van der Waals surface area contributed by atoms with Gasteiger partial charge in [0, 0.05) is 25.3 Å². The maximum atomic E-state index is 11.5. The van der Waals surface area contributed by atoms with Crippen LogP contribution in [-0.2, 0) is 4.79 Å². The number of carbonyl (C=O) groups excluding carboxylic acids is 1. The Morgan fingerprint density at radius 3 is 2.69 bits per heavy atom. The van der Waals surface area contributed by atoms with Crippen LogP contribution in [0, 0.1) is 10.7 Å². The minimum atomic E-state index is 0.211. The highest BCUT2D eigenvalue weighted by Gasteiger charge is 2.15. The van der Waals surface area contributed by atoms with E-state index in [1.807, 2.05) is 10.3 Å². The Hall–Kier alpha value is -0.690. The van der Waals surface area contributed by atoms with Crippen LogP contribution in [0.25, 0.3) is 0 Å². The lowest BCUT2D eigenvalue weighted by molar-refractivity contribution is -0.131. The predicted molar refractivity (Wildman–Crippen MR) is 53.1 cm³/mol. The first-order valence-corrected chi connectivity index (χ1v) is 5.62. The van der Waals surface area contributed by atoms with Gasteiger partial charge in [0.2, 0.25) is 5.91 Å². The zero-order valence-electron chi connectivity index (χ0n) is 7.66. The average Bonchev–Trinajstić information content (AvgIpc) is 2.19. The summed E-state index contributed by atoms with van der Waals surface area (Å²) in [7, 11) is 0. The molecule has 3 nitrogen and oxygen atoms in total. The van der Waals surface area contributed by atoms with Crippen molar-refractivity contribution in [1.82, 2.24) is 4.90 Å². The van der Waals surface area contributed by atoms with Crippen molar-refractivity contribution in [3.63, 3.8) is 0 Å². The molecule has 0 aliphatic carbocycles. The number of thioether (sulfide) groups is 1. The van der Waals surface area contributed by atoms with Gasteiger partial charge in [-0.15, -0.1) is 0 Å². The molecular formula is C9H14N2OS. The second-order valence-corrected chi connectivity index (χ2v) is 4.01. The second kappa shape index (κ2) is 5.87. The minimum absolute atomic E-state index is 0.211. The maximum Gasteiger partial charge on any atom is 0.223 e. The molecule has 1 fully saturated rings. The number of rotatable bonds is 3. The van der Waals surface area contributed by atoms with Crippen molar-refractivity contribution in [3.8, 4) is 5.40 Å². The van der Waals surface area contributed by atoms with Gasteiger partial charge in [0.15, 0.2) is 0 Å². The first-order valence-electron chi connectivity index (χ1n) is 4.63. The summed E-state index contributed by atoms with van der Waals surface area (Å²) in [5.41, 5.74) is 0. The molecule has 0 saturated carbocycles. The molecule has 0 radical (unpaired) electrons. The summed E-state index contributed by atoms with van der Waals surface area (Å²) in [6, 6.07) is 0. The van der Waals surface area contributed by atoms with Gasteiger partial charge >= 0.3 is 0 Å². The van der Waals surface area contributed by atoms with E-state index in [4.69, 9.17) is 5.26 Å². The molecule has 1 heterocycles. The third kappa shape index (κ3) is 3.69. The van der Waals surface area contributed by atoms with E-state index in [2.05, 4.69) is 0 Å². The summed E-state index contributed by atoms with van der Waals surface area (Å²) in [4.78, 5) is 13.4. The SMILES string of the molecule is N#CSCCC(=O)N1CCCCC1. The van der Waals surface area contributed by atoms with Crippen molar-refractivity contribution < 1.29 is 4.79 Å². The van der Waals surface area contributed by atoms with E-state index >= 15 is 0 Å². The highest BCUT2D eigenvalue weighted by atomic mass is 32.2. The van der Waals surface area contributed by atoms with E-state index in [0.29, 0.717) is 12.2 Å². The molecule has 1 saturated heterocycles. The molecule has 0 N–H and O–H groups in total. The predicted octanol–water partition coefficient (Wildman–Crippen LogP) is 1.60. The minimum Gasteiger partial charge on any atom is -0.343 e. The Labute approximate surface area is 83.1 Å². The second-order valence-electron chi connectivity index (χ2n) is 3.13. The first-order chi connectivity index (χ1) is 6.34. The molecule has 1 amide bonds. The maximum absolute atomic E-state index is 11.5. The third-order valence-electron chi connectivity index (χ3n) is 2.19. The molecule has 0 unspecified atom stereocenters. The lowest BCUT2D eigenvalue weighted by Gasteiger charge is -2.26. The van der Waals surface area contributed by atoms with E-state index in [9.17, 15) is 4.79 Å². The molecule has 1 rings (SSSR count). The number of nitrogens with zero attached hydrogens (tertiary/aromatic N) is 2. The summed E-state index contributed by atoms with van der Waals surface area (Å²) in [6.07, 6.45) is 4.03. The van der Waals surface area contributed by atoms with Crippen molar-refractivity contribution in [1.29, 1.82) is 5.26 Å². The number of hydrogen-bond donors (Lipinski definition) is 0. The van der Waals surface area contributed by atoms with Crippen molar-refractivity contribution in [2.24, 2.45) is 0 Å². The fourth-order valence-electron chi connectivity index (χ4n) is 1.49. The molecule has 0 aromatic rings. The summed E-state index contributed by atoms with van der Waals surface area (Å²) in [6.45, 7) is 1.83. The van der Waals surface area contributed by atoms with Crippen LogP contribution < -0.4 is 0 Å². The lowest BCUT2D eigenvalue weighted by atomic mass is 10.1. The van der Waals surface area contributed by atoms with Gasteiger partial charge < -0.3 is 4.90 Å². The van der Waals surface area contributed by atoms with Gasteiger partial charge in [-0.05, 0) is 31.0 Å². The molecular weight excluding hydrogens is 184 g/mol. The van der Waals surface area contributed by atoms with Crippen molar-refractivity contribution in [2.45, 2.75) is 25.7 Å². The molecule has 4 heteroatoms. The van der Waals surface area contributed by atoms with Gasteiger partial charge in [0.05, 0.1) is 0 Å². The van der Waals surface area contributed by atoms with Crippen molar-refractivity contribution in [3.05, 3.63) is 0 Å². The van der Waals surface area contributed by atoms with Gasteiger partial charge in [0.25, 0.3) is 0 Å².